The van der Waals surface area contributed by atoms with Gasteiger partial charge < -0.3 is 4.74 Å². The van der Waals surface area contributed by atoms with Crippen LogP contribution in [0.15, 0.2) is 42.7 Å². The molecule has 0 aliphatic heterocycles. The van der Waals surface area contributed by atoms with Gasteiger partial charge in [-0.1, -0.05) is 0 Å². The third-order valence-electron chi connectivity index (χ3n) is 3.74. The molecule has 0 amide bonds. The first-order valence-electron chi connectivity index (χ1n) is 7.21. The Kier molecular flexibility index (Phi) is 3.82. The Morgan fingerprint density at radius 1 is 1.22 bits per heavy atom. The number of methoxy groups -OCH3 is 1. The zero-order valence-corrected chi connectivity index (χ0v) is 13.2. The molecule has 0 unspecified atom stereocenters. The normalized spacial score (nSPS) is 10.3. The molecular formula is C18H16N4O. The zero-order valence-electron chi connectivity index (χ0n) is 13.2. The van der Waals surface area contributed by atoms with Crippen LogP contribution < -0.4 is 4.74 Å². The van der Waals surface area contributed by atoms with Crippen LogP contribution in [0.1, 0.15) is 16.8 Å². The van der Waals surface area contributed by atoms with E-state index >= 15 is 0 Å². The molecule has 0 spiro atoms. The molecule has 5 heteroatoms. The average molecular weight is 304 g/mol. The predicted octanol–water partition coefficient (Wildman–Crippen LogP) is 3.43. The zero-order chi connectivity index (χ0) is 16.4. The van der Waals surface area contributed by atoms with Crippen molar-refractivity contribution in [3.63, 3.8) is 0 Å². The summed E-state index contributed by atoms with van der Waals surface area (Å²) < 4.78 is 7.10. The van der Waals surface area contributed by atoms with Gasteiger partial charge in [0.1, 0.15) is 11.8 Å². The Morgan fingerprint density at radius 2 is 2.04 bits per heavy atom. The second-order valence-corrected chi connectivity index (χ2v) is 5.23. The average Bonchev–Trinajstić information content (AvgIpc) is 3.08. The molecule has 0 aliphatic rings. The molecule has 0 atom stereocenters. The summed E-state index contributed by atoms with van der Waals surface area (Å²) in [5.74, 6) is 0.751. The SMILES string of the molecule is COc1ccc(-c2cc(C)c(C#N)c(C)n2)c(-n2cccn2)c1. The summed E-state index contributed by atoms with van der Waals surface area (Å²) in [5.41, 5.74) is 4.90. The van der Waals surface area contributed by atoms with Crippen molar-refractivity contribution in [3.05, 3.63) is 59.5 Å². The number of nitriles is 1. The first kappa shape index (κ1) is 14.8. The van der Waals surface area contributed by atoms with Crippen LogP contribution in [-0.2, 0) is 0 Å². The van der Waals surface area contributed by atoms with Crippen molar-refractivity contribution < 1.29 is 4.74 Å². The molecule has 114 valence electrons. The Hall–Kier alpha value is -3.13. The fourth-order valence-corrected chi connectivity index (χ4v) is 2.59. The van der Waals surface area contributed by atoms with E-state index in [1.165, 1.54) is 0 Å². The monoisotopic (exact) mass is 304 g/mol. The molecule has 2 heterocycles. The number of aromatic nitrogens is 3. The van der Waals surface area contributed by atoms with Gasteiger partial charge in [0.25, 0.3) is 0 Å². The molecule has 0 radical (unpaired) electrons. The Morgan fingerprint density at radius 3 is 2.65 bits per heavy atom. The molecule has 0 saturated heterocycles. The van der Waals surface area contributed by atoms with Crippen LogP contribution >= 0.6 is 0 Å². The second kappa shape index (κ2) is 5.93. The molecule has 0 N–H and O–H groups in total. The lowest BCUT2D eigenvalue weighted by atomic mass is 10.0. The van der Waals surface area contributed by atoms with Gasteiger partial charge in [-0.3, -0.25) is 4.98 Å². The number of benzene rings is 1. The Balaban J connectivity index is 2.23. The number of ether oxygens (including phenoxy) is 1. The van der Waals surface area contributed by atoms with E-state index in [0.29, 0.717) is 5.56 Å². The minimum atomic E-state index is 0.628. The van der Waals surface area contributed by atoms with E-state index < -0.39 is 0 Å². The maximum atomic E-state index is 9.21. The lowest BCUT2D eigenvalue weighted by Crippen LogP contribution is -2.01. The molecular weight excluding hydrogens is 288 g/mol. The maximum absolute atomic E-state index is 9.21. The molecule has 3 rings (SSSR count). The van der Waals surface area contributed by atoms with Gasteiger partial charge in [-0.2, -0.15) is 10.4 Å². The van der Waals surface area contributed by atoms with Crippen LogP contribution in [0.25, 0.3) is 16.9 Å². The summed E-state index contributed by atoms with van der Waals surface area (Å²) in [6.07, 6.45) is 3.60. The molecule has 3 aromatic rings. The highest BCUT2D eigenvalue weighted by molar-refractivity contribution is 5.72. The van der Waals surface area contributed by atoms with E-state index in [9.17, 15) is 5.26 Å². The molecule has 23 heavy (non-hydrogen) atoms. The van der Waals surface area contributed by atoms with Gasteiger partial charge in [0.15, 0.2) is 0 Å². The van der Waals surface area contributed by atoms with Crippen molar-refractivity contribution in [1.29, 1.82) is 5.26 Å². The minimum absolute atomic E-state index is 0.628. The van der Waals surface area contributed by atoms with Gasteiger partial charge in [-0.15, -0.1) is 0 Å². The van der Waals surface area contributed by atoms with Crippen molar-refractivity contribution in [1.82, 2.24) is 14.8 Å². The number of hydrogen-bond acceptors (Lipinski definition) is 4. The highest BCUT2D eigenvalue weighted by atomic mass is 16.5. The van der Waals surface area contributed by atoms with Gasteiger partial charge in [0.2, 0.25) is 0 Å². The highest BCUT2D eigenvalue weighted by Gasteiger charge is 2.13. The lowest BCUT2D eigenvalue weighted by Gasteiger charge is -2.13. The fourth-order valence-electron chi connectivity index (χ4n) is 2.59. The van der Waals surface area contributed by atoms with Crippen molar-refractivity contribution >= 4 is 0 Å². The third-order valence-corrected chi connectivity index (χ3v) is 3.74. The van der Waals surface area contributed by atoms with E-state index in [2.05, 4.69) is 16.2 Å². The first-order valence-corrected chi connectivity index (χ1v) is 7.21. The first-order chi connectivity index (χ1) is 11.1. The molecule has 2 aromatic heterocycles. The minimum Gasteiger partial charge on any atom is -0.497 e. The van der Waals surface area contributed by atoms with Gasteiger partial charge in [0.05, 0.1) is 29.7 Å². The Labute approximate surface area is 134 Å². The largest absolute Gasteiger partial charge is 0.497 e. The van der Waals surface area contributed by atoms with Crippen LogP contribution in [0, 0.1) is 25.2 Å². The number of pyridine rings is 1. The predicted molar refractivity (Wildman–Crippen MR) is 87.5 cm³/mol. The summed E-state index contributed by atoms with van der Waals surface area (Å²) in [7, 11) is 1.64. The molecule has 5 nitrogen and oxygen atoms in total. The molecule has 1 aromatic carbocycles. The fraction of sp³-hybridized carbons (Fsp3) is 0.167. The molecule has 0 bridgehead atoms. The van der Waals surface area contributed by atoms with Crippen molar-refractivity contribution in [2.45, 2.75) is 13.8 Å². The number of rotatable bonds is 3. The van der Waals surface area contributed by atoms with E-state index in [-0.39, 0.29) is 0 Å². The standard InChI is InChI=1S/C18H16N4O/c1-12-9-17(21-13(2)16(12)11-19)15-6-5-14(23-3)10-18(15)22-8-4-7-20-22/h4-10H,1-3H3. The Bertz CT molecular complexity index is 869. The van der Waals surface area contributed by atoms with Gasteiger partial charge in [-0.25, -0.2) is 4.68 Å². The molecule has 0 fully saturated rings. The summed E-state index contributed by atoms with van der Waals surface area (Å²) >= 11 is 0. The quantitative estimate of drug-likeness (QED) is 0.743. The van der Waals surface area contributed by atoms with Crippen molar-refractivity contribution in [2.75, 3.05) is 7.11 Å². The van der Waals surface area contributed by atoms with E-state index in [4.69, 9.17) is 4.74 Å². The summed E-state index contributed by atoms with van der Waals surface area (Å²) in [5, 5.41) is 13.5. The van der Waals surface area contributed by atoms with Crippen molar-refractivity contribution in [2.24, 2.45) is 0 Å². The van der Waals surface area contributed by atoms with Crippen LogP contribution in [-0.4, -0.2) is 21.9 Å². The number of nitrogens with zero attached hydrogens (tertiary/aromatic N) is 4. The smallest absolute Gasteiger partial charge is 0.121 e. The molecule has 0 aliphatic carbocycles. The number of hydrogen-bond donors (Lipinski definition) is 0. The van der Waals surface area contributed by atoms with Gasteiger partial charge >= 0.3 is 0 Å². The summed E-state index contributed by atoms with van der Waals surface area (Å²) in [4.78, 5) is 4.60. The van der Waals surface area contributed by atoms with E-state index in [1.54, 1.807) is 18.0 Å². The maximum Gasteiger partial charge on any atom is 0.121 e. The second-order valence-electron chi connectivity index (χ2n) is 5.23. The van der Waals surface area contributed by atoms with Crippen LogP contribution in [0.4, 0.5) is 0 Å². The van der Waals surface area contributed by atoms with Crippen LogP contribution in [0.5, 0.6) is 5.75 Å². The van der Waals surface area contributed by atoms with Gasteiger partial charge in [-0.05, 0) is 43.7 Å². The van der Waals surface area contributed by atoms with Gasteiger partial charge in [0, 0.05) is 24.0 Å². The number of aryl methyl sites for hydroxylation is 2. The van der Waals surface area contributed by atoms with E-state index in [0.717, 1.165) is 34.0 Å². The van der Waals surface area contributed by atoms with Crippen LogP contribution in [0.2, 0.25) is 0 Å². The topological polar surface area (TPSA) is 63.7 Å². The summed E-state index contributed by atoms with van der Waals surface area (Å²) in [6, 6.07) is 11.8. The van der Waals surface area contributed by atoms with Crippen molar-refractivity contribution in [3.8, 4) is 28.8 Å². The summed E-state index contributed by atoms with van der Waals surface area (Å²) in [6.45, 7) is 3.78. The van der Waals surface area contributed by atoms with E-state index in [1.807, 2.05) is 50.4 Å². The molecule has 0 saturated carbocycles. The third kappa shape index (κ3) is 2.67. The van der Waals surface area contributed by atoms with Crippen LogP contribution in [0.3, 0.4) is 0 Å². The lowest BCUT2D eigenvalue weighted by molar-refractivity contribution is 0.414. The highest BCUT2D eigenvalue weighted by Crippen LogP contribution is 2.30.